The Labute approximate surface area is 125 Å². The summed E-state index contributed by atoms with van der Waals surface area (Å²) in [7, 11) is -1.79. The Bertz CT molecular complexity index is 525. The van der Waals surface area contributed by atoms with Crippen LogP contribution in [0, 0.1) is 5.92 Å². The first-order chi connectivity index (χ1) is 9.74. The van der Waals surface area contributed by atoms with Crippen LogP contribution < -0.4 is 5.32 Å². The van der Waals surface area contributed by atoms with Gasteiger partial charge in [-0.25, -0.2) is 12.7 Å². The predicted molar refractivity (Wildman–Crippen MR) is 75.9 cm³/mol. The average Bonchev–Trinajstić information content (AvgIpc) is 2.96. The maximum Gasteiger partial charge on any atom is 0.307 e. The van der Waals surface area contributed by atoms with Crippen LogP contribution in [0.25, 0.3) is 0 Å². The number of nitrogens with zero attached hydrogens (tertiary/aromatic N) is 1. The van der Waals surface area contributed by atoms with Crippen molar-refractivity contribution in [3.63, 3.8) is 0 Å². The maximum atomic E-state index is 12.3. The molecule has 7 nitrogen and oxygen atoms in total. The lowest BCUT2D eigenvalue weighted by molar-refractivity contribution is -0.149. The summed E-state index contributed by atoms with van der Waals surface area (Å²) in [6, 6.07) is 0. The average molecular weight is 318 g/mol. The fourth-order valence-electron chi connectivity index (χ4n) is 3.07. The Morgan fingerprint density at radius 3 is 2.62 bits per heavy atom. The molecule has 1 aliphatic heterocycles. The fourth-order valence-corrected chi connectivity index (χ4v) is 3.50. The molecule has 2 fully saturated rings. The lowest BCUT2D eigenvalue weighted by Crippen LogP contribution is -2.44. The Morgan fingerprint density at radius 2 is 2.05 bits per heavy atom. The van der Waals surface area contributed by atoms with E-state index in [1.165, 1.54) is 11.4 Å². The maximum absolute atomic E-state index is 12.3. The number of esters is 1. The molecule has 21 heavy (non-hydrogen) atoms. The molecule has 0 bridgehead atoms. The number of hydrogen-bond acceptors (Lipinski definition) is 5. The van der Waals surface area contributed by atoms with Gasteiger partial charge in [-0.05, 0) is 25.7 Å². The highest BCUT2D eigenvalue weighted by molar-refractivity contribution is 7.88. The number of amides is 1. The minimum atomic E-state index is -3.25. The van der Waals surface area contributed by atoms with Gasteiger partial charge in [-0.15, -0.1) is 0 Å². The van der Waals surface area contributed by atoms with Crippen molar-refractivity contribution in [3.05, 3.63) is 0 Å². The van der Waals surface area contributed by atoms with Gasteiger partial charge in [0.2, 0.25) is 15.9 Å². The largest absolute Gasteiger partial charge is 0.458 e. The molecule has 1 saturated heterocycles. The minimum Gasteiger partial charge on any atom is -0.458 e. The molecule has 0 aromatic carbocycles. The highest BCUT2D eigenvalue weighted by atomic mass is 32.2. The minimum absolute atomic E-state index is 0.119. The Morgan fingerprint density at radius 1 is 1.43 bits per heavy atom. The first-order valence-electron chi connectivity index (χ1n) is 7.15. The first-order valence-corrected chi connectivity index (χ1v) is 9.00. The van der Waals surface area contributed by atoms with Gasteiger partial charge in [0.25, 0.3) is 0 Å². The molecule has 8 heteroatoms. The van der Waals surface area contributed by atoms with Crippen LogP contribution in [0.2, 0.25) is 0 Å². The number of hydrogen-bond donors (Lipinski definition) is 1. The predicted octanol–water partition coefficient (Wildman–Crippen LogP) is -0.130. The molecule has 1 saturated carbocycles. The molecule has 0 radical (unpaired) electrons. The van der Waals surface area contributed by atoms with E-state index in [1.807, 2.05) is 0 Å². The molecule has 1 amide bonds. The van der Waals surface area contributed by atoms with E-state index in [4.69, 9.17) is 4.74 Å². The van der Waals surface area contributed by atoms with E-state index in [0.717, 1.165) is 31.9 Å². The number of likely N-dealkylation sites (N-methyl/N-ethyl adjacent to an activating group) is 1. The van der Waals surface area contributed by atoms with E-state index >= 15 is 0 Å². The Kier molecular flexibility index (Phi) is 4.57. The Balaban J connectivity index is 1.90. The lowest BCUT2D eigenvalue weighted by Gasteiger charge is -2.28. The van der Waals surface area contributed by atoms with Crippen LogP contribution in [0.3, 0.4) is 0 Å². The van der Waals surface area contributed by atoms with Crippen LogP contribution >= 0.6 is 0 Å². The third-order valence-corrected chi connectivity index (χ3v) is 5.70. The molecule has 0 aromatic heterocycles. The van der Waals surface area contributed by atoms with Gasteiger partial charge in [-0.2, -0.15) is 0 Å². The highest BCUT2D eigenvalue weighted by Gasteiger charge is 2.53. The molecule has 120 valence electrons. The van der Waals surface area contributed by atoms with Crippen molar-refractivity contribution in [1.29, 1.82) is 0 Å². The van der Waals surface area contributed by atoms with Gasteiger partial charge in [0.1, 0.15) is 5.60 Å². The summed E-state index contributed by atoms with van der Waals surface area (Å²) in [5.41, 5.74) is -0.621. The fraction of sp³-hybridized carbons (Fsp3) is 0.846. The molecule has 1 atom stereocenters. The normalized spacial score (nSPS) is 24.5. The molecular weight excluding hydrogens is 296 g/mol. The van der Waals surface area contributed by atoms with Gasteiger partial charge >= 0.3 is 5.97 Å². The summed E-state index contributed by atoms with van der Waals surface area (Å²) in [6.45, 7) is 0.433. The zero-order valence-corrected chi connectivity index (χ0v) is 13.2. The van der Waals surface area contributed by atoms with Crippen molar-refractivity contribution in [3.8, 4) is 0 Å². The van der Waals surface area contributed by atoms with Gasteiger partial charge in [-0.3, -0.25) is 9.59 Å². The van der Waals surface area contributed by atoms with Crippen molar-refractivity contribution < 1.29 is 22.7 Å². The molecule has 1 spiro atoms. The van der Waals surface area contributed by atoms with Crippen molar-refractivity contribution in [2.75, 3.05) is 26.4 Å². The zero-order valence-electron chi connectivity index (χ0n) is 12.4. The number of rotatable bonds is 5. The van der Waals surface area contributed by atoms with Gasteiger partial charge < -0.3 is 10.1 Å². The van der Waals surface area contributed by atoms with Crippen molar-refractivity contribution >= 4 is 21.9 Å². The van der Waals surface area contributed by atoms with Gasteiger partial charge in [0.05, 0.1) is 18.6 Å². The van der Waals surface area contributed by atoms with E-state index in [0.29, 0.717) is 0 Å². The van der Waals surface area contributed by atoms with Gasteiger partial charge in [-0.1, -0.05) is 0 Å². The van der Waals surface area contributed by atoms with E-state index in [2.05, 4.69) is 5.32 Å². The molecule has 0 aromatic rings. The molecule has 1 aliphatic carbocycles. The number of nitrogens with one attached hydrogen (secondary N) is 1. The van der Waals surface area contributed by atoms with Crippen LogP contribution in [0.15, 0.2) is 0 Å². The highest BCUT2D eigenvalue weighted by Crippen LogP contribution is 2.45. The SMILES string of the molecule is CN(CCNC(=O)C1CC(=O)OC12CCCC2)S(C)(=O)=O. The third-order valence-electron chi connectivity index (χ3n) is 4.38. The van der Waals surface area contributed by atoms with Gasteiger partial charge in [0.15, 0.2) is 0 Å². The smallest absolute Gasteiger partial charge is 0.307 e. The topological polar surface area (TPSA) is 92.8 Å². The molecule has 2 rings (SSSR count). The number of sulfonamides is 1. The monoisotopic (exact) mass is 318 g/mol. The summed E-state index contributed by atoms with van der Waals surface area (Å²) < 4.78 is 29.1. The molecule has 1 N–H and O–H groups in total. The van der Waals surface area contributed by atoms with Crippen LogP contribution in [0.1, 0.15) is 32.1 Å². The lowest BCUT2D eigenvalue weighted by atomic mass is 9.85. The quantitative estimate of drug-likeness (QED) is 0.713. The standard InChI is InChI=1S/C13H22N2O5S/c1-15(21(2,18)19)8-7-14-12(17)10-9-11(16)20-13(10)5-3-4-6-13/h10H,3-9H2,1-2H3,(H,14,17). The van der Waals surface area contributed by atoms with Crippen LogP contribution in [-0.4, -0.2) is 56.6 Å². The van der Waals surface area contributed by atoms with Crippen LogP contribution in [0.4, 0.5) is 0 Å². The van der Waals surface area contributed by atoms with E-state index in [1.54, 1.807) is 0 Å². The summed E-state index contributed by atoms with van der Waals surface area (Å²) >= 11 is 0. The second kappa shape index (κ2) is 5.92. The zero-order chi connectivity index (χ0) is 15.7. The van der Waals surface area contributed by atoms with E-state index in [-0.39, 0.29) is 31.4 Å². The van der Waals surface area contributed by atoms with Crippen molar-refractivity contribution in [1.82, 2.24) is 9.62 Å². The summed E-state index contributed by atoms with van der Waals surface area (Å²) in [5, 5.41) is 2.72. The van der Waals surface area contributed by atoms with Gasteiger partial charge in [0, 0.05) is 20.1 Å². The first kappa shape index (κ1) is 16.2. The second-order valence-electron chi connectivity index (χ2n) is 5.88. The molecule has 1 unspecified atom stereocenters. The Hall–Kier alpha value is -1.15. The van der Waals surface area contributed by atoms with Crippen LogP contribution in [0.5, 0.6) is 0 Å². The third kappa shape index (κ3) is 3.55. The molecule has 2 aliphatic rings. The van der Waals surface area contributed by atoms with Crippen molar-refractivity contribution in [2.24, 2.45) is 5.92 Å². The summed E-state index contributed by atoms with van der Waals surface area (Å²) in [5.74, 6) is -0.981. The number of carbonyl (C=O) groups excluding carboxylic acids is 2. The molecule has 1 heterocycles. The van der Waals surface area contributed by atoms with Crippen molar-refractivity contribution in [2.45, 2.75) is 37.7 Å². The number of carbonyl (C=O) groups is 2. The second-order valence-corrected chi connectivity index (χ2v) is 7.97. The van der Waals surface area contributed by atoms with E-state index < -0.39 is 21.5 Å². The van der Waals surface area contributed by atoms with E-state index in [9.17, 15) is 18.0 Å². The summed E-state index contributed by atoms with van der Waals surface area (Å²) in [4.78, 5) is 23.8. The summed E-state index contributed by atoms with van der Waals surface area (Å²) in [6.07, 6.45) is 4.64. The molecular formula is C13H22N2O5S. The van der Waals surface area contributed by atoms with Crippen LogP contribution in [-0.2, 0) is 24.3 Å². The number of ether oxygens (including phenoxy) is 1.